The first-order valence-corrected chi connectivity index (χ1v) is 7.72. The molecule has 0 aromatic heterocycles. The number of piperidine rings is 1. The van der Waals surface area contributed by atoms with Crippen molar-refractivity contribution in [1.29, 1.82) is 0 Å². The maximum absolute atomic E-state index is 12.4. The van der Waals surface area contributed by atoms with Crippen molar-refractivity contribution in [2.45, 2.75) is 25.3 Å². The van der Waals surface area contributed by atoms with Gasteiger partial charge in [-0.05, 0) is 12.8 Å². The molecule has 0 saturated carbocycles. The summed E-state index contributed by atoms with van der Waals surface area (Å²) >= 11 is 0. The van der Waals surface area contributed by atoms with Crippen LogP contribution in [0.15, 0.2) is 0 Å². The maximum atomic E-state index is 12.4. The summed E-state index contributed by atoms with van der Waals surface area (Å²) in [6.07, 6.45) is 2.44. The van der Waals surface area contributed by atoms with E-state index in [0.29, 0.717) is 32.6 Å². The van der Waals surface area contributed by atoms with Crippen LogP contribution in [0.2, 0.25) is 0 Å². The van der Waals surface area contributed by atoms with Crippen molar-refractivity contribution in [1.82, 2.24) is 20.0 Å². The fraction of sp³-hybridized carbons (Fsp3) is 0.786. The number of rotatable bonds is 2. The average Bonchev–Trinajstić information content (AvgIpc) is 2.50. The number of nitrogens with one attached hydrogen (secondary N) is 1. The molecular formula is C14H22N4O3. The molecule has 7 heteroatoms. The number of fused-ring (bicyclic) bond motifs is 1. The highest BCUT2D eigenvalue weighted by Gasteiger charge is 2.36. The quantitative estimate of drug-likeness (QED) is 0.683. The molecule has 3 amide bonds. The first-order valence-electron chi connectivity index (χ1n) is 7.72. The Morgan fingerprint density at radius 1 is 1.14 bits per heavy atom. The zero-order valence-electron chi connectivity index (χ0n) is 12.2. The summed E-state index contributed by atoms with van der Waals surface area (Å²) in [5.74, 6) is 0.0414. The van der Waals surface area contributed by atoms with Crippen molar-refractivity contribution < 1.29 is 14.4 Å². The van der Waals surface area contributed by atoms with Crippen LogP contribution in [-0.2, 0) is 14.4 Å². The number of likely N-dealkylation sites (tertiary alicyclic amines) is 1. The molecule has 7 nitrogen and oxygen atoms in total. The number of hydrogen-bond donors (Lipinski definition) is 1. The molecule has 1 N–H and O–H groups in total. The number of carbonyl (C=O) groups excluding carboxylic acids is 3. The molecule has 21 heavy (non-hydrogen) atoms. The molecule has 3 fully saturated rings. The molecule has 1 atom stereocenters. The number of amides is 3. The second kappa shape index (κ2) is 6.01. The maximum Gasteiger partial charge on any atom is 0.242 e. The van der Waals surface area contributed by atoms with Gasteiger partial charge in [-0.25, -0.2) is 0 Å². The molecule has 3 saturated heterocycles. The summed E-state index contributed by atoms with van der Waals surface area (Å²) in [4.78, 5) is 41.5. The first kappa shape index (κ1) is 14.3. The van der Waals surface area contributed by atoms with Crippen molar-refractivity contribution in [3.05, 3.63) is 0 Å². The molecule has 3 aliphatic rings. The highest BCUT2D eigenvalue weighted by atomic mass is 16.2. The van der Waals surface area contributed by atoms with Crippen LogP contribution in [0.4, 0.5) is 0 Å². The predicted molar refractivity (Wildman–Crippen MR) is 75.4 cm³/mol. The van der Waals surface area contributed by atoms with E-state index in [2.05, 4.69) is 10.2 Å². The van der Waals surface area contributed by atoms with E-state index in [1.54, 1.807) is 9.80 Å². The van der Waals surface area contributed by atoms with Crippen molar-refractivity contribution >= 4 is 17.7 Å². The molecule has 0 radical (unpaired) electrons. The minimum Gasteiger partial charge on any atom is -0.353 e. The topological polar surface area (TPSA) is 73.0 Å². The summed E-state index contributed by atoms with van der Waals surface area (Å²) in [7, 11) is 0. The lowest BCUT2D eigenvalue weighted by Crippen LogP contribution is -2.65. The van der Waals surface area contributed by atoms with E-state index >= 15 is 0 Å². The molecule has 3 rings (SSSR count). The standard InChI is InChI=1S/C14H22N4O3/c19-12-3-1-2-5-17(12)10-13(20)18-8-7-16-6-4-15-14(21)11(16)9-18/h11H,1-10H2,(H,15,21)/t11-/m1/s1. The second-order valence-corrected chi connectivity index (χ2v) is 5.95. The van der Waals surface area contributed by atoms with Crippen molar-refractivity contribution in [2.75, 3.05) is 45.8 Å². The Morgan fingerprint density at radius 3 is 2.81 bits per heavy atom. The van der Waals surface area contributed by atoms with E-state index in [9.17, 15) is 14.4 Å². The van der Waals surface area contributed by atoms with E-state index in [-0.39, 0.29) is 30.3 Å². The van der Waals surface area contributed by atoms with E-state index in [1.807, 2.05) is 0 Å². The zero-order chi connectivity index (χ0) is 14.8. The number of carbonyl (C=O) groups is 3. The number of hydrogen-bond acceptors (Lipinski definition) is 4. The molecule has 3 heterocycles. The van der Waals surface area contributed by atoms with Gasteiger partial charge >= 0.3 is 0 Å². The molecule has 0 aromatic rings. The Labute approximate surface area is 124 Å². The van der Waals surface area contributed by atoms with Crippen molar-refractivity contribution in [3.8, 4) is 0 Å². The van der Waals surface area contributed by atoms with Crippen LogP contribution >= 0.6 is 0 Å². The molecule has 0 unspecified atom stereocenters. The van der Waals surface area contributed by atoms with Crippen LogP contribution in [0.3, 0.4) is 0 Å². The van der Waals surface area contributed by atoms with E-state index in [1.165, 1.54) is 0 Å². The molecule has 116 valence electrons. The van der Waals surface area contributed by atoms with Crippen LogP contribution in [-0.4, -0.2) is 84.3 Å². The smallest absolute Gasteiger partial charge is 0.242 e. The molecular weight excluding hydrogens is 272 g/mol. The molecule has 0 spiro atoms. The van der Waals surface area contributed by atoms with Gasteiger partial charge in [0, 0.05) is 45.7 Å². The zero-order valence-corrected chi connectivity index (χ0v) is 12.2. The van der Waals surface area contributed by atoms with Crippen LogP contribution < -0.4 is 5.32 Å². The van der Waals surface area contributed by atoms with Gasteiger partial charge in [0.05, 0.1) is 6.54 Å². The van der Waals surface area contributed by atoms with Gasteiger partial charge in [0.15, 0.2) is 0 Å². The van der Waals surface area contributed by atoms with Gasteiger partial charge in [-0.3, -0.25) is 19.3 Å². The number of nitrogens with zero attached hydrogens (tertiary/aromatic N) is 3. The Hall–Kier alpha value is -1.63. The van der Waals surface area contributed by atoms with Crippen molar-refractivity contribution in [3.63, 3.8) is 0 Å². The van der Waals surface area contributed by atoms with Gasteiger partial charge in [0.2, 0.25) is 17.7 Å². The lowest BCUT2D eigenvalue weighted by Gasteiger charge is -2.43. The normalized spacial score (nSPS) is 27.3. The van der Waals surface area contributed by atoms with Gasteiger partial charge in [0.25, 0.3) is 0 Å². The molecule has 0 aliphatic carbocycles. The van der Waals surface area contributed by atoms with Gasteiger partial charge in [-0.2, -0.15) is 0 Å². The van der Waals surface area contributed by atoms with Crippen LogP contribution in [0.5, 0.6) is 0 Å². The summed E-state index contributed by atoms with van der Waals surface area (Å²) in [6.45, 7) is 4.19. The minimum atomic E-state index is -0.228. The summed E-state index contributed by atoms with van der Waals surface area (Å²) in [6, 6.07) is -0.228. The molecule has 3 aliphatic heterocycles. The van der Waals surface area contributed by atoms with Crippen molar-refractivity contribution in [2.24, 2.45) is 0 Å². The first-order chi connectivity index (χ1) is 10.1. The fourth-order valence-corrected chi connectivity index (χ4v) is 3.30. The SMILES string of the molecule is O=C1NCCN2CCN(C(=O)CN3CCCCC3=O)C[C@H]12. The van der Waals surface area contributed by atoms with Gasteiger partial charge in [-0.15, -0.1) is 0 Å². The Bertz CT molecular complexity index is 454. The predicted octanol–water partition coefficient (Wildman–Crippen LogP) is -1.36. The summed E-state index contributed by atoms with van der Waals surface area (Å²) in [5, 5.41) is 2.85. The summed E-state index contributed by atoms with van der Waals surface area (Å²) in [5.41, 5.74) is 0. The van der Waals surface area contributed by atoms with E-state index in [4.69, 9.17) is 0 Å². The third-order valence-electron chi connectivity index (χ3n) is 4.59. The lowest BCUT2D eigenvalue weighted by atomic mass is 10.1. The van der Waals surface area contributed by atoms with E-state index < -0.39 is 0 Å². The fourth-order valence-electron chi connectivity index (χ4n) is 3.30. The third kappa shape index (κ3) is 3.02. The average molecular weight is 294 g/mol. The highest BCUT2D eigenvalue weighted by molar-refractivity contribution is 5.87. The third-order valence-corrected chi connectivity index (χ3v) is 4.59. The van der Waals surface area contributed by atoms with Gasteiger partial charge in [-0.1, -0.05) is 0 Å². The minimum absolute atomic E-state index is 0.00722. The molecule has 0 bridgehead atoms. The number of piperazine rings is 2. The Morgan fingerprint density at radius 2 is 2.00 bits per heavy atom. The summed E-state index contributed by atoms with van der Waals surface area (Å²) < 4.78 is 0. The van der Waals surface area contributed by atoms with Gasteiger partial charge < -0.3 is 15.1 Å². The molecule has 0 aromatic carbocycles. The van der Waals surface area contributed by atoms with Gasteiger partial charge in [0.1, 0.15) is 6.04 Å². The Kier molecular flexibility index (Phi) is 4.10. The highest BCUT2D eigenvalue weighted by Crippen LogP contribution is 2.14. The Balaban J connectivity index is 1.57. The van der Waals surface area contributed by atoms with Crippen LogP contribution in [0.25, 0.3) is 0 Å². The largest absolute Gasteiger partial charge is 0.353 e. The monoisotopic (exact) mass is 294 g/mol. The van der Waals surface area contributed by atoms with Crippen LogP contribution in [0.1, 0.15) is 19.3 Å². The van der Waals surface area contributed by atoms with Crippen LogP contribution in [0, 0.1) is 0 Å². The lowest BCUT2D eigenvalue weighted by molar-refractivity contribution is -0.145. The van der Waals surface area contributed by atoms with E-state index in [0.717, 1.165) is 25.9 Å². The second-order valence-electron chi connectivity index (χ2n) is 5.95.